The fourth-order valence-corrected chi connectivity index (χ4v) is 5.15. The maximum atomic E-state index is 12.9. The lowest BCUT2D eigenvalue weighted by Crippen LogP contribution is -2.49. The van der Waals surface area contributed by atoms with E-state index in [1.54, 1.807) is 24.0 Å². The second kappa shape index (κ2) is 9.56. The van der Waals surface area contributed by atoms with Crippen LogP contribution in [0, 0.1) is 6.92 Å². The molecule has 0 radical (unpaired) electrons. The number of piperazine rings is 1. The lowest BCUT2D eigenvalue weighted by Gasteiger charge is -2.36. The van der Waals surface area contributed by atoms with E-state index in [1.807, 2.05) is 29.2 Å². The summed E-state index contributed by atoms with van der Waals surface area (Å²) in [4.78, 5) is 28.1. The van der Waals surface area contributed by atoms with Crippen LogP contribution in [0.4, 0.5) is 10.5 Å². The lowest BCUT2D eigenvalue weighted by atomic mass is 9.75. The van der Waals surface area contributed by atoms with E-state index in [4.69, 9.17) is 4.74 Å². The van der Waals surface area contributed by atoms with Crippen LogP contribution >= 0.6 is 0 Å². The smallest absolute Gasteiger partial charge is 0.448 e. The molecule has 2 aliphatic rings. The van der Waals surface area contributed by atoms with Crippen molar-refractivity contribution in [1.82, 2.24) is 4.90 Å². The average Bonchev–Trinajstić information content (AvgIpc) is 3.21. The van der Waals surface area contributed by atoms with Gasteiger partial charge in [-0.15, -0.1) is 0 Å². The number of anilines is 1. The average molecular weight is 470 g/mol. The molecule has 3 aromatic carbocycles. The fourth-order valence-electron chi connectivity index (χ4n) is 5.15. The number of rotatable bonds is 5. The Labute approximate surface area is 204 Å². The molecule has 8 heteroatoms. The number of amides is 1. The molecule has 35 heavy (non-hydrogen) atoms. The normalized spacial score (nSPS) is 14.9. The molecule has 1 heterocycles. The van der Waals surface area contributed by atoms with Crippen LogP contribution in [0.3, 0.4) is 0 Å². The van der Waals surface area contributed by atoms with Crippen molar-refractivity contribution in [2.45, 2.75) is 12.8 Å². The number of carbonyl (C=O) groups is 2. The van der Waals surface area contributed by atoms with Gasteiger partial charge in [-0.1, -0.05) is 48.5 Å². The maximum Gasteiger partial charge on any atom is 0.488 e. The highest BCUT2D eigenvalue weighted by molar-refractivity contribution is 6.59. The van der Waals surface area contributed by atoms with Gasteiger partial charge >= 0.3 is 13.2 Å². The van der Waals surface area contributed by atoms with Crippen molar-refractivity contribution in [3.05, 3.63) is 82.9 Å². The first-order valence-corrected chi connectivity index (χ1v) is 11.8. The van der Waals surface area contributed by atoms with Gasteiger partial charge in [-0.2, -0.15) is 0 Å². The Balaban J connectivity index is 1.23. The number of nitrogens with zero attached hydrogens (tertiary/aromatic N) is 2. The topological polar surface area (TPSA) is 90.3 Å². The summed E-state index contributed by atoms with van der Waals surface area (Å²) in [5.74, 6) is 0.0188. The lowest BCUT2D eigenvalue weighted by molar-refractivity contribution is 0.0976. The molecular formula is C27H27BN2O5. The van der Waals surface area contributed by atoms with Gasteiger partial charge in [0.2, 0.25) is 0 Å². The zero-order chi connectivity index (χ0) is 24.5. The molecule has 1 aliphatic heterocycles. The Kier molecular flexibility index (Phi) is 6.32. The summed E-state index contributed by atoms with van der Waals surface area (Å²) >= 11 is 0. The summed E-state index contributed by atoms with van der Waals surface area (Å²) in [6.45, 7) is 4.01. The number of ether oxygens (including phenoxy) is 1. The molecular weight excluding hydrogens is 443 g/mol. The van der Waals surface area contributed by atoms with Crippen molar-refractivity contribution in [2.24, 2.45) is 0 Å². The van der Waals surface area contributed by atoms with Gasteiger partial charge in [0.15, 0.2) is 0 Å². The number of benzene rings is 3. The number of hydrogen-bond donors (Lipinski definition) is 2. The first-order valence-electron chi connectivity index (χ1n) is 11.8. The highest BCUT2D eigenvalue weighted by Gasteiger charge is 2.30. The Morgan fingerprint density at radius 3 is 2.17 bits per heavy atom. The highest BCUT2D eigenvalue weighted by Crippen LogP contribution is 2.44. The molecule has 3 aromatic rings. The zero-order valence-corrected chi connectivity index (χ0v) is 19.6. The second-order valence-electron chi connectivity index (χ2n) is 9.02. The van der Waals surface area contributed by atoms with Crippen LogP contribution in [0.25, 0.3) is 11.1 Å². The molecule has 0 saturated carbocycles. The molecule has 1 aliphatic carbocycles. The molecule has 0 atom stereocenters. The minimum atomic E-state index is -1.66. The molecule has 0 unspecified atom stereocenters. The standard InChI is InChI=1S/C27H27BN2O5/c1-18-19(16-31)14-20(15-26(18)28(33)34)29-10-12-30(13-11-29)27(32)35-17-25-23-8-4-2-6-21(23)22-7-3-5-9-24(22)25/h2-9,14-16,25,33-34H,10-13,17H2,1H3. The predicted octanol–water partition coefficient (Wildman–Crippen LogP) is 2.56. The van der Waals surface area contributed by atoms with E-state index < -0.39 is 7.12 Å². The van der Waals surface area contributed by atoms with E-state index in [9.17, 15) is 19.6 Å². The highest BCUT2D eigenvalue weighted by atomic mass is 16.6. The number of hydrogen-bond acceptors (Lipinski definition) is 6. The molecule has 7 nitrogen and oxygen atoms in total. The summed E-state index contributed by atoms with van der Waals surface area (Å²) in [5.41, 5.74) is 6.75. The zero-order valence-electron chi connectivity index (χ0n) is 19.6. The first-order chi connectivity index (χ1) is 17.0. The van der Waals surface area contributed by atoms with Gasteiger partial charge in [-0.05, 0) is 52.3 Å². The van der Waals surface area contributed by atoms with Crippen LogP contribution in [0.15, 0.2) is 60.7 Å². The Bertz CT molecular complexity index is 1220. The van der Waals surface area contributed by atoms with Gasteiger partial charge in [0.1, 0.15) is 12.9 Å². The molecule has 2 N–H and O–H groups in total. The first kappa shape index (κ1) is 23.1. The van der Waals surface area contributed by atoms with Crippen molar-refractivity contribution in [1.29, 1.82) is 0 Å². The van der Waals surface area contributed by atoms with Crippen molar-refractivity contribution in [3.8, 4) is 11.1 Å². The van der Waals surface area contributed by atoms with Gasteiger partial charge in [0, 0.05) is 43.3 Å². The van der Waals surface area contributed by atoms with Crippen molar-refractivity contribution in [2.75, 3.05) is 37.7 Å². The molecule has 0 bridgehead atoms. The molecule has 1 fully saturated rings. The summed E-state index contributed by atoms with van der Waals surface area (Å²) in [6, 6.07) is 19.9. The summed E-state index contributed by atoms with van der Waals surface area (Å²) in [5, 5.41) is 19.4. The van der Waals surface area contributed by atoms with Crippen LogP contribution in [0.1, 0.15) is 33.0 Å². The number of aldehydes is 1. The molecule has 1 amide bonds. The summed E-state index contributed by atoms with van der Waals surface area (Å²) in [7, 11) is -1.66. The largest absolute Gasteiger partial charge is 0.488 e. The number of fused-ring (bicyclic) bond motifs is 3. The van der Waals surface area contributed by atoms with E-state index in [0.717, 1.165) is 12.0 Å². The Morgan fingerprint density at radius 1 is 1.00 bits per heavy atom. The third kappa shape index (κ3) is 4.31. The van der Waals surface area contributed by atoms with Crippen molar-refractivity contribution < 1.29 is 24.4 Å². The van der Waals surface area contributed by atoms with Crippen LogP contribution in [0.2, 0.25) is 0 Å². The van der Waals surface area contributed by atoms with Gasteiger partial charge in [-0.3, -0.25) is 4.79 Å². The van der Waals surface area contributed by atoms with Crippen LogP contribution in [0.5, 0.6) is 0 Å². The van der Waals surface area contributed by atoms with Gasteiger partial charge in [-0.25, -0.2) is 4.79 Å². The van der Waals surface area contributed by atoms with E-state index in [-0.39, 0.29) is 18.6 Å². The minimum absolute atomic E-state index is 0.0188. The maximum absolute atomic E-state index is 12.9. The fraction of sp³-hybridized carbons (Fsp3) is 0.259. The van der Waals surface area contributed by atoms with Gasteiger partial charge in [0.05, 0.1) is 0 Å². The van der Waals surface area contributed by atoms with Crippen LogP contribution in [-0.2, 0) is 4.74 Å². The van der Waals surface area contributed by atoms with Gasteiger partial charge < -0.3 is 24.6 Å². The van der Waals surface area contributed by atoms with Crippen LogP contribution in [-0.4, -0.2) is 67.2 Å². The predicted molar refractivity (Wildman–Crippen MR) is 135 cm³/mol. The molecule has 1 saturated heterocycles. The summed E-state index contributed by atoms with van der Waals surface area (Å²) < 4.78 is 5.78. The quantitative estimate of drug-likeness (QED) is 0.440. The Morgan fingerprint density at radius 2 is 1.60 bits per heavy atom. The molecule has 5 rings (SSSR count). The minimum Gasteiger partial charge on any atom is -0.448 e. The summed E-state index contributed by atoms with van der Waals surface area (Å²) in [6.07, 6.45) is 0.382. The van der Waals surface area contributed by atoms with Crippen molar-refractivity contribution in [3.63, 3.8) is 0 Å². The van der Waals surface area contributed by atoms with E-state index in [0.29, 0.717) is 42.8 Å². The molecule has 178 valence electrons. The monoisotopic (exact) mass is 470 g/mol. The van der Waals surface area contributed by atoms with Crippen LogP contribution < -0.4 is 10.4 Å². The number of carbonyl (C=O) groups excluding carboxylic acids is 2. The van der Waals surface area contributed by atoms with Gasteiger partial charge in [0.25, 0.3) is 0 Å². The molecule has 0 spiro atoms. The SMILES string of the molecule is Cc1c(C=O)cc(N2CCN(C(=O)OCC3c4ccccc4-c4ccccc43)CC2)cc1B(O)O. The Hall–Kier alpha value is -3.62. The van der Waals surface area contributed by atoms with E-state index in [1.165, 1.54) is 22.3 Å². The van der Waals surface area contributed by atoms with E-state index >= 15 is 0 Å². The third-order valence-electron chi connectivity index (χ3n) is 7.12. The molecule has 0 aromatic heterocycles. The van der Waals surface area contributed by atoms with E-state index in [2.05, 4.69) is 24.3 Å². The third-order valence-corrected chi connectivity index (χ3v) is 7.12. The second-order valence-corrected chi connectivity index (χ2v) is 9.02. The van der Waals surface area contributed by atoms with Crippen molar-refractivity contribution >= 4 is 30.6 Å².